The molecule has 0 atom stereocenters. The van der Waals surface area contributed by atoms with Gasteiger partial charge in [-0.15, -0.1) is 24.0 Å². The number of hydrogen-bond acceptors (Lipinski definition) is 3. The molecular weight excluding hydrogens is 424 g/mol. The van der Waals surface area contributed by atoms with Gasteiger partial charge < -0.3 is 20.5 Å². The van der Waals surface area contributed by atoms with Crippen molar-refractivity contribution in [2.24, 2.45) is 4.99 Å². The second kappa shape index (κ2) is 9.96. The van der Waals surface area contributed by atoms with Crippen molar-refractivity contribution in [3.05, 3.63) is 59.4 Å². The van der Waals surface area contributed by atoms with Crippen LogP contribution in [0.1, 0.15) is 11.1 Å². The highest BCUT2D eigenvalue weighted by atomic mass is 127. The molecule has 0 heterocycles. The third-order valence-corrected chi connectivity index (χ3v) is 3.36. The summed E-state index contributed by atoms with van der Waals surface area (Å²) in [5, 5.41) is 16.0. The number of rotatable bonds is 5. The van der Waals surface area contributed by atoms with Gasteiger partial charge in [0, 0.05) is 31.3 Å². The smallest absolute Gasteiger partial charge is 0.191 e. The minimum absolute atomic E-state index is 0. The molecule has 0 fully saturated rings. The van der Waals surface area contributed by atoms with Crippen LogP contribution in [0.2, 0.25) is 0 Å². The van der Waals surface area contributed by atoms with Gasteiger partial charge >= 0.3 is 0 Å². The Bertz CT molecular complexity index is 695. The molecule has 3 N–H and O–H groups in total. The number of halogens is 2. The Morgan fingerprint density at radius 1 is 1.12 bits per heavy atom. The van der Waals surface area contributed by atoms with Crippen LogP contribution in [-0.2, 0) is 13.1 Å². The minimum atomic E-state index is -0.263. The fraction of sp³-hybridized carbons (Fsp3) is 0.235. The van der Waals surface area contributed by atoms with E-state index in [2.05, 4.69) is 15.6 Å². The van der Waals surface area contributed by atoms with Gasteiger partial charge in [-0.3, -0.25) is 4.99 Å². The van der Waals surface area contributed by atoms with E-state index in [9.17, 15) is 9.50 Å². The van der Waals surface area contributed by atoms with Crippen molar-refractivity contribution in [3.63, 3.8) is 0 Å². The van der Waals surface area contributed by atoms with E-state index >= 15 is 0 Å². The van der Waals surface area contributed by atoms with Gasteiger partial charge in [-0.2, -0.15) is 0 Å². The molecule has 0 spiro atoms. The van der Waals surface area contributed by atoms with E-state index in [1.807, 2.05) is 0 Å². The molecule has 0 amide bonds. The van der Waals surface area contributed by atoms with Gasteiger partial charge in [0.2, 0.25) is 0 Å². The van der Waals surface area contributed by atoms with Crippen molar-refractivity contribution >= 4 is 29.9 Å². The maximum Gasteiger partial charge on any atom is 0.191 e. The van der Waals surface area contributed by atoms with Crippen LogP contribution in [0.4, 0.5) is 4.39 Å². The van der Waals surface area contributed by atoms with Crippen molar-refractivity contribution in [1.82, 2.24) is 10.6 Å². The number of aromatic hydroxyl groups is 1. The molecule has 7 heteroatoms. The van der Waals surface area contributed by atoms with Crippen molar-refractivity contribution in [2.75, 3.05) is 14.2 Å². The summed E-state index contributed by atoms with van der Waals surface area (Å²) in [5.74, 6) is 1.08. The molecule has 24 heavy (non-hydrogen) atoms. The number of methoxy groups -OCH3 is 1. The predicted molar refractivity (Wildman–Crippen MR) is 104 cm³/mol. The Labute approximate surface area is 158 Å². The number of aliphatic imine (C=N–C) groups is 1. The van der Waals surface area contributed by atoms with Crippen molar-refractivity contribution in [2.45, 2.75) is 13.1 Å². The highest BCUT2D eigenvalue weighted by Gasteiger charge is 2.06. The van der Waals surface area contributed by atoms with Crippen LogP contribution in [0.5, 0.6) is 11.5 Å². The molecule has 2 aromatic rings. The topological polar surface area (TPSA) is 65.9 Å². The van der Waals surface area contributed by atoms with Gasteiger partial charge in [-0.1, -0.05) is 18.2 Å². The van der Waals surface area contributed by atoms with Crippen LogP contribution < -0.4 is 15.4 Å². The molecule has 0 radical (unpaired) electrons. The van der Waals surface area contributed by atoms with Crippen LogP contribution in [0, 0.1) is 5.82 Å². The molecule has 0 saturated carbocycles. The highest BCUT2D eigenvalue weighted by Crippen LogP contribution is 2.22. The van der Waals surface area contributed by atoms with Crippen LogP contribution in [0.3, 0.4) is 0 Å². The summed E-state index contributed by atoms with van der Waals surface area (Å²) < 4.78 is 18.7. The third-order valence-electron chi connectivity index (χ3n) is 3.36. The molecule has 0 bridgehead atoms. The van der Waals surface area contributed by atoms with Crippen molar-refractivity contribution in [3.8, 4) is 11.5 Å². The lowest BCUT2D eigenvalue weighted by Crippen LogP contribution is -2.36. The Balaban J connectivity index is 0.00000288. The first-order chi connectivity index (χ1) is 11.1. The second-order valence-corrected chi connectivity index (χ2v) is 4.87. The second-order valence-electron chi connectivity index (χ2n) is 4.87. The SMILES string of the molecule is CN=C(NCc1cc(OC)ccc1O)NCc1ccccc1F.I. The van der Waals surface area contributed by atoms with Gasteiger partial charge in [-0.05, 0) is 24.3 Å². The molecule has 0 aliphatic heterocycles. The summed E-state index contributed by atoms with van der Waals surface area (Å²) in [5.41, 5.74) is 1.23. The summed E-state index contributed by atoms with van der Waals surface area (Å²) in [6, 6.07) is 11.6. The summed E-state index contributed by atoms with van der Waals surface area (Å²) in [6.07, 6.45) is 0. The lowest BCUT2D eigenvalue weighted by atomic mass is 10.2. The van der Waals surface area contributed by atoms with Crippen LogP contribution >= 0.6 is 24.0 Å². The fourth-order valence-electron chi connectivity index (χ4n) is 2.05. The lowest BCUT2D eigenvalue weighted by Gasteiger charge is -2.13. The minimum Gasteiger partial charge on any atom is -0.508 e. The Hall–Kier alpha value is -2.03. The first-order valence-corrected chi connectivity index (χ1v) is 7.18. The predicted octanol–water partition coefficient (Wildman–Crippen LogP) is 3.02. The molecule has 0 aromatic heterocycles. The van der Waals surface area contributed by atoms with Gasteiger partial charge in [0.05, 0.1) is 7.11 Å². The first kappa shape index (κ1) is 20.0. The fourth-order valence-corrected chi connectivity index (χ4v) is 2.05. The zero-order valence-electron chi connectivity index (χ0n) is 13.5. The van der Waals surface area contributed by atoms with Crippen LogP contribution in [-0.4, -0.2) is 25.2 Å². The first-order valence-electron chi connectivity index (χ1n) is 7.18. The highest BCUT2D eigenvalue weighted by molar-refractivity contribution is 14.0. The molecule has 2 aromatic carbocycles. The zero-order chi connectivity index (χ0) is 16.7. The molecule has 0 aliphatic rings. The molecule has 130 valence electrons. The number of hydrogen-bond donors (Lipinski definition) is 3. The Kier molecular flexibility index (Phi) is 8.31. The van der Waals surface area contributed by atoms with Gasteiger partial charge in [0.25, 0.3) is 0 Å². The molecule has 0 unspecified atom stereocenters. The zero-order valence-corrected chi connectivity index (χ0v) is 15.9. The largest absolute Gasteiger partial charge is 0.508 e. The number of guanidine groups is 1. The lowest BCUT2D eigenvalue weighted by molar-refractivity contribution is 0.410. The van der Waals surface area contributed by atoms with Crippen LogP contribution in [0.15, 0.2) is 47.5 Å². The number of ether oxygens (including phenoxy) is 1. The maximum absolute atomic E-state index is 13.6. The Morgan fingerprint density at radius 3 is 2.42 bits per heavy atom. The van der Waals surface area contributed by atoms with E-state index in [-0.39, 0.29) is 35.5 Å². The molecule has 0 aliphatic carbocycles. The van der Waals surface area contributed by atoms with Crippen LogP contribution in [0.25, 0.3) is 0 Å². The Morgan fingerprint density at radius 2 is 1.79 bits per heavy atom. The number of benzene rings is 2. The number of nitrogens with zero attached hydrogens (tertiary/aromatic N) is 1. The number of nitrogens with one attached hydrogen (secondary N) is 2. The number of phenols is 1. The van der Waals surface area contributed by atoms with E-state index in [0.717, 1.165) is 0 Å². The average molecular weight is 445 g/mol. The van der Waals surface area contributed by atoms with E-state index in [1.165, 1.54) is 6.07 Å². The molecule has 2 rings (SSSR count). The van der Waals surface area contributed by atoms with E-state index < -0.39 is 0 Å². The average Bonchev–Trinajstić information content (AvgIpc) is 2.57. The van der Waals surface area contributed by atoms with Gasteiger partial charge in [0.15, 0.2) is 5.96 Å². The van der Waals surface area contributed by atoms with E-state index in [1.54, 1.807) is 50.6 Å². The van der Waals surface area contributed by atoms with Crippen molar-refractivity contribution < 1.29 is 14.2 Å². The number of phenolic OH excluding ortho intramolecular Hbond substituents is 1. The molecule has 5 nitrogen and oxygen atoms in total. The standard InChI is InChI=1S/C17H20FN3O2.HI/c1-19-17(20-10-12-5-3-4-6-15(12)18)21-11-13-9-14(23-2)7-8-16(13)22;/h3-9,22H,10-11H2,1-2H3,(H2,19,20,21);1H. The van der Waals surface area contributed by atoms with Crippen molar-refractivity contribution in [1.29, 1.82) is 0 Å². The van der Waals surface area contributed by atoms with Gasteiger partial charge in [0.1, 0.15) is 17.3 Å². The quantitative estimate of drug-likeness (QED) is 0.376. The normalized spacial score (nSPS) is 10.7. The third kappa shape index (κ3) is 5.55. The molecular formula is C17H21FIN3O2. The summed E-state index contributed by atoms with van der Waals surface area (Å²) in [6.45, 7) is 0.677. The molecule has 0 saturated heterocycles. The van der Waals surface area contributed by atoms with E-state index in [0.29, 0.717) is 35.9 Å². The summed E-state index contributed by atoms with van der Waals surface area (Å²) in [4.78, 5) is 4.08. The summed E-state index contributed by atoms with van der Waals surface area (Å²) >= 11 is 0. The maximum atomic E-state index is 13.6. The van der Waals surface area contributed by atoms with Gasteiger partial charge in [-0.25, -0.2) is 4.39 Å². The monoisotopic (exact) mass is 445 g/mol. The van der Waals surface area contributed by atoms with E-state index in [4.69, 9.17) is 4.74 Å². The summed E-state index contributed by atoms with van der Waals surface area (Å²) in [7, 11) is 3.20.